The van der Waals surface area contributed by atoms with Crippen molar-refractivity contribution in [3.05, 3.63) is 26.6 Å². The summed E-state index contributed by atoms with van der Waals surface area (Å²) in [6, 6.07) is 1.16. The van der Waals surface area contributed by atoms with Gasteiger partial charge in [-0.05, 0) is 35.6 Å². The van der Waals surface area contributed by atoms with Crippen LogP contribution in [0.25, 0.3) is 0 Å². The van der Waals surface area contributed by atoms with Crippen molar-refractivity contribution in [3.63, 3.8) is 0 Å². The number of hydrogen-bond donors (Lipinski definition) is 1. The van der Waals surface area contributed by atoms with Gasteiger partial charge in [0.15, 0.2) is 0 Å². The van der Waals surface area contributed by atoms with Crippen LogP contribution in [0.5, 0.6) is 0 Å². The Balaban J connectivity index is 3.44. The number of nitrogens with two attached hydrogens (primary N) is 1. The Morgan fingerprint density at radius 3 is 2.64 bits per heavy atom. The van der Waals surface area contributed by atoms with Crippen molar-refractivity contribution < 1.29 is 13.6 Å². The van der Waals surface area contributed by atoms with Gasteiger partial charge in [0.05, 0.1) is 11.3 Å². The normalized spacial score (nSPS) is 10.6. The fourth-order valence-corrected chi connectivity index (χ4v) is 1.85. The number of carbonyl (C=O) groups is 1. The lowest BCUT2D eigenvalue weighted by atomic mass is 10.1. The predicted molar refractivity (Wildman–Crippen MR) is 55.2 cm³/mol. The Kier molecular flexibility index (Phi) is 3.35. The van der Waals surface area contributed by atoms with Crippen molar-refractivity contribution in [2.75, 3.05) is 0 Å². The molecule has 0 bridgehead atoms. The van der Waals surface area contributed by atoms with E-state index in [1.54, 1.807) is 0 Å². The van der Waals surface area contributed by atoms with Gasteiger partial charge in [-0.1, -0.05) is 0 Å². The first-order chi connectivity index (χ1) is 6.43. The van der Waals surface area contributed by atoms with Crippen molar-refractivity contribution in [2.24, 2.45) is 5.73 Å². The topological polar surface area (TPSA) is 56.0 Å². The highest BCUT2D eigenvalue weighted by Gasteiger charge is 2.20. The molecule has 0 radical (unpaired) electrons. The van der Waals surface area contributed by atoms with E-state index in [1.165, 1.54) is 13.0 Å². The van der Waals surface area contributed by atoms with Gasteiger partial charge in [0, 0.05) is 5.56 Å². The average Bonchev–Trinajstić information content (AvgIpc) is 2.01. The Morgan fingerprint density at radius 2 is 2.21 bits per heavy atom. The summed E-state index contributed by atoms with van der Waals surface area (Å²) in [5.41, 5.74) is 4.69. The van der Waals surface area contributed by atoms with Gasteiger partial charge in [0.2, 0.25) is 0 Å². The molecule has 76 valence electrons. The molecule has 6 heteroatoms. The van der Waals surface area contributed by atoms with Crippen LogP contribution >= 0.6 is 22.6 Å². The molecule has 1 aromatic heterocycles. The number of amides is 1. The van der Waals surface area contributed by atoms with E-state index in [4.69, 9.17) is 5.73 Å². The van der Waals surface area contributed by atoms with E-state index < -0.39 is 12.3 Å². The van der Waals surface area contributed by atoms with Crippen molar-refractivity contribution in [1.29, 1.82) is 0 Å². The third-order valence-corrected chi connectivity index (χ3v) is 2.23. The Bertz CT molecular complexity index is 382. The van der Waals surface area contributed by atoms with Crippen LogP contribution in [0.1, 0.15) is 28.0 Å². The largest absolute Gasteiger partial charge is 0.366 e. The van der Waals surface area contributed by atoms with Crippen LogP contribution in [0.2, 0.25) is 0 Å². The van der Waals surface area contributed by atoms with E-state index >= 15 is 0 Å². The molecule has 14 heavy (non-hydrogen) atoms. The van der Waals surface area contributed by atoms with E-state index in [0.29, 0.717) is 3.70 Å². The number of alkyl halides is 2. The van der Waals surface area contributed by atoms with Gasteiger partial charge in [-0.3, -0.25) is 4.79 Å². The number of pyridine rings is 1. The molecule has 0 aromatic carbocycles. The van der Waals surface area contributed by atoms with Crippen LogP contribution in [0, 0.1) is 10.6 Å². The summed E-state index contributed by atoms with van der Waals surface area (Å²) in [6.07, 6.45) is -2.72. The zero-order valence-electron chi connectivity index (χ0n) is 7.22. The molecule has 3 nitrogen and oxygen atoms in total. The first-order valence-electron chi connectivity index (χ1n) is 3.68. The highest BCUT2D eigenvalue weighted by molar-refractivity contribution is 14.1. The van der Waals surface area contributed by atoms with Crippen LogP contribution in [-0.4, -0.2) is 10.9 Å². The molecular weight excluding hydrogens is 305 g/mol. The fraction of sp³-hybridized carbons (Fsp3) is 0.250. The number of aromatic nitrogens is 1. The maximum atomic E-state index is 12.5. The maximum absolute atomic E-state index is 12.5. The molecule has 1 rings (SSSR count). The first kappa shape index (κ1) is 11.3. The molecule has 0 saturated carbocycles. The first-order valence-corrected chi connectivity index (χ1v) is 4.76. The highest BCUT2D eigenvalue weighted by Crippen LogP contribution is 2.25. The average molecular weight is 312 g/mol. The lowest BCUT2D eigenvalue weighted by Crippen LogP contribution is -2.17. The summed E-state index contributed by atoms with van der Waals surface area (Å²) in [5.74, 6) is -0.873. The summed E-state index contributed by atoms with van der Waals surface area (Å²) < 4.78 is 25.4. The minimum Gasteiger partial charge on any atom is -0.366 e. The minimum atomic E-state index is -2.72. The number of primary amides is 1. The second-order valence-corrected chi connectivity index (χ2v) is 3.76. The zero-order valence-corrected chi connectivity index (χ0v) is 9.38. The van der Waals surface area contributed by atoms with Crippen LogP contribution < -0.4 is 5.73 Å². The van der Waals surface area contributed by atoms with Crippen LogP contribution in [0.3, 0.4) is 0 Å². The lowest BCUT2D eigenvalue weighted by Gasteiger charge is -2.08. The van der Waals surface area contributed by atoms with Gasteiger partial charge >= 0.3 is 0 Å². The number of hydrogen-bond acceptors (Lipinski definition) is 2. The minimum absolute atomic E-state index is 0.180. The maximum Gasteiger partial charge on any atom is 0.264 e. The SMILES string of the molecule is Cc1nc(I)cc(C(F)F)c1C(N)=O. The molecule has 0 saturated heterocycles. The predicted octanol–water partition coefficient (Wildman–Crippen LogP) is 2.03. The van der Waals surface area contributed by atoms with E-state index in [0.717, 1.165) is 0 Å². The standard InChI is InChI=1S/C8H7F2IN2O/c1-3-6(8(12)14)4(7(9)10)2-5(11)13-3/h2,7H,1H3,(H2,12,14). The molecule has 0 aliphatic rings. The van der Waals surface area contributed by atoms with Gasteiger partial charge < -0.3 is 5.73 Å². The summed E-state index contributed by atoms with van der Waals surface area (Å²) in [6.45, 7) is 1.48. The second kappa shape index (κ2) is 4.16. The Hall–Kier alpha value is -0.790. The van der Waals surface area contributed by atoms with Gasteiger partial charge in [0.25, 0.3) is 12.3 Å². The summed E-state index contributed by atoms with van der Waals surface area (Å²) >= 11 is 1.81. The number of carbonyl (C=O) groups excluding carboxylic acids is 1. The van der Waals surface area contributed by atoms with E-state index in [9.17, 15) is 13.6 Å². The molecule has 0 aliphatic carbocycles. The summed E-state index contributed by atoms with van der Waals surface area (Å²) in [7, 11) is 0. The molecule has 0 atom stereocenters. The van der Waals surface area contributed by atoms with E-state index in [2.05, 4.69) is 4.98 Å². The van der Waals surface area contributed by atoms with Gasteiger partial charge in [-0.25, -0.2) is 13.8 Å². The number of nitrogens with zero attached hydrogens (tertiary/aromatic N) is 1. The summed E-state index contributed by atoms with van der Waals surface area (Å²) in [5, 5.41) is 0. The number of rotatable bonds is 2. The molecule has 0 spiro atoms. The molecule has 0 unspecified atom stereocenters. The quantitative estimate of drug-likeness (QED) is 0.671. The molecule has 0 fully saturated rings. The molecular formula is C8H7F2IN2O. The highest BCUT2D eigenvalue weighted by atomic mass is 127. The third kappa shape index (κ3) is 2.17. The van der Waals surface area contributed by atoms with E-state index in [-0.39, 0.29) is 16.8 Å². The van der Waals surface area contributed by atoms with Crippen LogP contribution in [-0.2, 0) is 0 Å². The summed E-state index contributed by atoms with van der Waals surface area (Å²) in [4.78, 5) is 14.8. The van der Waals surface area contributed by atoms with E-state index in [1.807, 2.05) is 22.6 Å². The third-order valence-electron chi connectivity index (χ3n) is 1.68. The van der Waals surface area contributed by atoms with Crippen molar-refractivity contribution in [2.45, 2.75) is 13.3 Å². The molecule has 1 aromatic rings. The second-order valence-electron chi connectivity index (χ2n) is 2.66. The van der Waals surface area contributed by atoms with Crippen LogP contribution in [0.15, 0.2) is 6.07 Å². The zero-order chi connectivity index (χ0) is 10.9. The smallest absolute Gasteiger partial charge is 0.264 e. The molecule has 0 aliphatic heterocycles. The number of halogens is 3. The van der Waals surface area contributed by atoms with Crippen LogP contribution in [0.4, 0.5) is 8.78 Å². The Labute approximate surface area is 92.8 Å². The lowest BCUT2D eigenvalue weighted by molar-refractivity contribution is 0.0984. The van der Waals surface area contributed by atoms with Gasteiger partial charge in [-0.15, -0.1) is 0 Å². The van der Waals surface area contributed by atoms with Crippen molar-refractivity contribution in [1.82, 2.24) is 4.98 Å². The molecule has 1 amide bonds. The Morgan fingerprint density at radius 1 is 1.64 bits per heavy atom. The van der Waals surface area contributed by atoms with Gasteiger partial charge in [-0.2, -0.15) is 0 Å². The number of aryl methyl sites for hydroxylation is 1. The fourth-order valence-electron chi connectivity index (χ4n) is 1.15. The molecule has 1 heterocycles. The van der Waals surface area contributed by atoms with Crippen molar-refractivity contribution in [3.8, 4) is 0 Å². The molecule has 2 N–H and O–H groups in total. The van der Waals surface area contributed by atoms with Gasteiger partial charge in [0.1, 0.15) is 3.70 Å². The monoisotopic (exact) mass is 312 g/mol. The van der Waals surface area contributed by atoms with Crippen molar-refractivity contribution >= 4 is 28.5 Å².